The Kier molecular flexibility index (Phi) is 3.90. The van der Waals surface area contributed by atoms with Gasteiger partial charge < -0.3 is 5.32 Å². The van der Waals surface area contributed by atoms with Gasteiger partial charge in [-0.2, -0.15) is 0 Å². The summed E-state index contributed by atoms with van der Waals surface area (Å²) in [6.07, 6.45) is 0. The van der Waals surface area contributed by atoms with Gasteiger partial charge >= 0.3 is 6.03 Å². The number of amides is 2. The Morgan fingerprint density at radius 1 is 1.31 bits per heavy atom. The van der Waals surface area contributed by atoms with E-state index in [1.54, 1.807) is 0 Å². The van der Waals surface area contributed by atoms with Crippen LogP contribution < -0.4 is 16.6 Å². The number of hydrazine groups is 1. The van der Waals surface area contributed by atoms with Crippen LogP contribution >= 0.6 is 0 Å². The number of nitrogens with one attached hydrogen (secondary N) is 2. The van der Waals surface area contributed by atoms with Gasteiger partial charge in [0.2, 0.25) is 0 Å². The fourth-order valence-corrected chi connectivity index (χ4v) is 1.46. The van der Waals surface area contributed by atoms with Crippen molar-refractivity contribution in [2.24, 2.45) is 5.84 Å². The van der Waals surface area contributed by atoms with Crippen LogP contribution in [0.2, 0.25) is 0 Å². The van der Waals surface area contributed by atoms with Crippen molar-refractivity contribution in [3.05, 3.63) is 35.4 Å². The number of urea groups is 1. The zero-order chi connectivity index (χ0) is 12.2. The summed E-state index contributed by atoms with van der Waals surface area (Å²) >= 11 is 0. The Hall–Kier alpha value is -1.55. The smallest absolute Gasteiger partial charge is 0.328 e. The van der Waals surface area contributed by atoms with Gasteiger partial charge in [0.15, 0.2) is 0 Å². The highest BCUT2D eigenvalue weighted by Crippen LogP contribution is 2.22. The van der Waals surface area contributed by atoms with Crippen molar-refractivity contribution in [2.45, 2.75) is 26.2 Å². The molecule has 0 fully saturated rings. The fraction of sp³-hybridized carbons (Fsp3) is 0.417. The Labute approximate surface area is 96.2 Å². The average Bonchev–Trinajstić information content (AvgIpc) is 2.26. The molecule has 0 unspecified atom stereocenters. The summed E-state index contributed by atoms with van der Waals surface area (Å²) in [7, 11) is 0. The SMILES string of the molecule is Cc1ccc(C(C)(C)CNC(=O)NN)cc1. The minimum atomic E-state index is -0.361. The maximum atomic E-state index is 11.0. The first kappa shape index (κ1) is 12.5. The Bertz CT molecular complexity index is 357. The molecule has 4 nitrogen and oxygen atoms in total. The van der Waals surface area contributed by atoms with E-state index in [9.17, 15) is 4.79 Å². The highest BCUT2D eigenvalue weighted by Gasteiger charge is 2.20. The molecule has 0 saturated heterocycles. The van der Waals surface area contributed by atoms with Crippen molar-refractivity contribution in [1.29, 1.82) is 0 Å². The zero-order valence-corrected chi connectivity index (χ0v) is 10.0. The lowest BCUT2D eigenvalue weighted by atomic mass is 9.84. The van der Waals surface area contributed by atoms with Crippen LogP contribution in [-0.4, -0.2) is 12.6 Å². The van der Waals surface area contributed by atoms with Gasteiger partial charge in [-0.1, -0.05) is 43.7 Å². The van der Waals surface area contributed by atoms with Crippen molar-refractivity contribution in [1.82, 2.24) is 10.7 Å². The van der Waals surface area contributed by atoms with Crippen molar-refractivity contribution >= 4 is 6.03 Å². The number of hydrogen-bond acceptors (Lipinski definition) is 2. The summed E-state index contributed by atoms with van der Waals surface area (Å²) in [4.78, 5) is 11.0. The molecule has 0 aromatic heterocycles. The zero-order valence-electron chi connectivity index (χ0n) is 10.0. The van der Waals surface area contributed by atoms with Crippen molar-refractivity contribution < 1.29 is 4.79 Å². The Morgan fingerprint density at radius 3 is 2.38 bits per heavy atom. The van der Waals surface area contributed by atoms with Crippen LogP contribution in [0.4, 0.5) is 4.79 Å². The summed E-state index contributed by atoms with van der Waals surface area (Å²) in [6, 6.07) is 7.94. The van der Waals surface area contributed by atoms with Gasteiger partial charge in [0.1, 0.15) is 0 Å². The lowest BCUT2D eigenvalue weighted by Crippen LogP contribution is -2.44. The van der Waals surface area contributed by atoms with Crippen molar-refractivity contribution in [3.63, 3.8) is 0 Å². The predicted octanol–water partition coefficient (Wildman–Crippen LogP) is 1.45. The standard InChI is InChI=1S/C12H19N3O/c1-9-4-6-10(7-5-9)12(2,3)8-14-11(16)15-13/h4-7H,8,13H2,1-3H3,(H2,14,15,16). The normalized spacial score (nSPS) is 11.0. The molecule has 0 atom stereocenters. The number of carbonyl (C=O) groups excluding carboxylic acids is 1. The van der Waals surface area contributed by atoms with Crippen molar-refractivity contribution in [3.8, 4) is 0 Å². The van der Waals surface area contributed by atoms with E-state index in [1.165, 1.54) is 11.1 Å². The summed E-state index contributed by atoms with van der Waals surface area (Å²) in [6.45, 7) is 6.75. The third-order valence-electron chi connectivity index (χ3n) is 2.66. The summed E-state index contributed by atoms with van der Waals surface area (Å²) in [5, 5.41) is 2.71. The molecular weight excluding hydrogens is 202 g/mol. The van der Waals surface area contributed by atoms with E-state index < -0.39 is 0 Å². The predicted molar refractivity (Wildman–Crippen MR) is 64.9 cm³/mol. The molecule has 1 aromatic rings. The monoisotopic (exact) mass is 221 g/mol. The molecule has 0 bridgehead atoms. The van der Waals surface area contributed by atoms with Gasteiger partial charge in [-0.05, 0) is 12.5 Å². The first-order valence-corrected chi connectivity index (χ1v) is 5.27. The number of aryl methyl sites for hydroxylation is 1. The van der Waals surface area contributed by atoms with E-state index in [0.29, 0.717) is 6.54 Å². The van der Waals surface area contributed by atoms with Crippen LogP contribution in [0.3, 0.4) is 0 Å². The summed E-state index contributed by atoms with van der Waals surface area (Å²) in [5.74, 6) is 5.00. The van der Waals surface area contributed by atoms with E-state index in [2.05, 4.69) is 50.4 Å². The molecule has 4 heteroatoms. The van der Waals surface area contributed by atoms with E-state index in [-0.39, 0.29) is 11.4 Å². The molecule has 0 heterocycles. The van der Waals surface area contributed by atoms with Gasteiger partial charge in [-0.15, -0.1) is 0 Å². The van der Waals surface area contributed by atoms with Crippen LogP contribution in [-0.2, 0) is 5.41 Å². The molecule has 1 aromatic carbocycles. The quantitative estimate of drug-likeness (QED) is 0.411. The first-order chi connectivity index (χ1) is 7.45. The minimum absolute atomic E-state index is 0.111. The largest absolute Gasteiger partial charge is 0.336 e. The number of carbonyl (C=O) groups is 1. The molecule has 88 valence electrons. The second-order valence-electron chi connectivity index (χ2n) is 4.58. The summed E-state index contributed by atoms with van der Waals surface area (Å²) in [5.41, 5.74) is 4.36. The lowest BCUT2D eigenvalue weighted by molar-refractivity contribution is 0.238. The van der Waals surface area contributed by atoms with Crippen LogP contribution in [0.5, 0.6) is 0 Å². The molecule has 2 amide bonds. The molecule has 0 saturated carbocycles. The van der Waals surface area contributed by atoms with Crippen molar-refractivity contribution in [2.75, 3.05) is 6.54 Å². The fourth-order valence-electron chi connectivity index (χ4n) is 1.46. The van der Waals surface area contributed by atoms with Gasteiger partial charge in [0, 0.05) is 12.0 Å². The highest BCUT2D eigenvalue weighted by atomic mass is 16.2. The second kappa shape index (κ2) is 4.99. The minimum Gasteiger partial charge on any atom is -0.336 e. The van der Waals surface area contributed by atoms with Crippen LogP contribution in [0, 0.1) is 6.92 Å². The third-order valence-corrected chi connectivity index (χ3v) is 2.66. The number of rotatable bonds is 3. The molecule has 0 aliphatic heterocycles. The Morgan fingerprint density at radius 2 is 1.88 bits per heavy atom. The molecule has 0 radical (unpaired) electrons. The van der Waals surface area contributed by atoms with Crippen LogP contribution in [0.25, 0.3) is 0 Å². The molecule has 0 aliphatic carbocycles. The maximum Gasteiger partial charge on any atom is 0.328 e. The first-order valence-electron chi connectivity index (χ1n) is 5.27. The molecule has 0 spiro atoms. The van der Waals surface area contributed by atoms with E-state index in [1.807, 2.05) is 5.43 Å². The molecule has 16 heavy (non-hydrogen) atoms. The van der Waals surface area contributed by atoms with Gasteiger partial charge in [-0.3, -0.25) is 5.43 Å². The van der Waals surface area contributed by atoms with E-state index in [4.69, 9.17) is 5.84 Å². The lowest BCUT2D eigenvalue weighted by Gasteiger charge is -2.25. The molecular formula is C12H19N3O. The number of hydrogen-bond donors (Lipinski definition) is 3. The van der Waals surface area contributed by atoms with Gasteiger partial charge in [-0.25, -0.2) is 10.6 Å². The van der Waals surface area contributed by atoms with E-state index in [0.717, 1.165) is 0 Å². The Balaban J connectivity index is 2.69. The van der Waals surface area contributed by atoms with Crippen LogP contribution in [0.1, 0.15) is 25.0 Å². The maximum absolute atomic E-state index is 11.0. The van der Waals surface area contributed by atoms with Gasteiger partial charge in [0.05, 0.1) is 0 Å². The molecule has 1 rings (SSSR count). The molecule has 4 N–H and O–H groups in total. The van der Waals surface area contributed by atoms with E-state index >= 15 is 0 Å². The second-order valence-corrected chi connectivity index (χ2v) is 4.58. The number of benzene rings is 1. The average molecular weight is 221 g/mol. The third kappa shape index (κ3) is 3.24. The topological polar surface area (TPSA) is 67.2 Å². The molecule has 0 aliphatic rings. The highest BCUT2D eigenvalue weighted by molar-refractivity contribution is 5.73. The van der Waals surface area contributed by atoms with Gasteiger partial charge in [0.25, 0.3) is 0 Å². The van der Waals surface area contributed by atoms with Crippen LogP contribution in [0.15, 0.2) is 24.3 Å². The number of nitrogens with two attached hydrogens (primary N) is 1. The summed E-state index contributed by atoms with van der Waals surface area (Å²) < 4.78 is 0.